The van der Waals surface area contributed by atoms with Crippen molar-refractivity contribution < 1.29 is 23.9 Å². The number of nitrogens with one attached hydrogen (secondary N) is 1. The largest absolute Gasteiger partial charge is 0.477 e. The molecule has 7 N–H and O–H groups in total. The number of likely N-dealkylation sites (N-methyl/N-ethyl adjacent to an activating group) is 2. The molecular weight excluding hydrogens is 502 g/mol. The summed E-state index contributed by atoms with van der Waals surface area (Å²) in [5.74, 6) is 1.06. The SMILES string of the molecule is CN(CCNC(=O)[C@@H](N)CCCN=C(N)N)C(=O)Oc1ccc2c3c1OC1C(=O)CCC4C(C2)N(C)CCC314. The maximum absolute atomic E-state index is 13.1. The summed E-state index contributed by atoms with van der Waals surface area (Å²) in [7, 11) is 3.77. The summed E-state index contributed by atoms with van der Waals surface area (Å²) in [6, 6.07) is 3.49. The van der Waals surface area contributed by atoms with Crippen LogP contribution in [-0.2, 0) is 21.4 Å². The van der Waals surface area contributed by atoms with Crippen molar-refractivity contribution in [2.75, 3.05) is 40.3 Å². The minimum Gasteiger partial charge on any atom is -0.477 e. The van der Waals surface area contributed by atoms with E-state index in [2.05, 4.69) is 22.3 Å². The zero-order valence-electron chi connectivity index (χ0n) is 22.7. The lowest BCUT2D eigenvalue weighted by Crippen LogP contribution is -2.65. The third-order valence-electron chi connectivity index (χ3n) is 8.93. The molecule has 12 heteroatoms. The Hall–Kier alpha value is -3.38. The number of guanidine groups is 1. The number of ether oxygens (including phenoxy) is 2. The highest BCUT2D eigenvalue weighted by molar-refractivity contribution is 5.89. The molecule has 0 aromatic heterocycles. The zero-order chi connectivity index (χ0) is 27.9. The van der Waals surface area contributed by atoms with E-state index in [9.17, 15) is 14.4 Å². The standard InChI is InChI=1S/C27H39N7O5/c1-33-12-9-27-16-6-7-19(35)23(27)39-22-20(8-5-15(21(22)27)14-18(16)33)38-26(37)34(2)13-11-31-24(36)17(28)4-3-10-32-25(29)30/h5,8,16-18,23H,3-4,6-7,9-14,28H2,1-2H3,(H,31,36)(H4,29,30,32)/t16?,17-,18?,23?,27?/m0/s1. The summed E-state index contributed by atoms with van der Waals surface area (Å²) in [4.78, 5) is 45.9. The smallest absolute Gasteiger partial charge is 0.415 e. The van der Waals surface area contributed by atoms with Crippen molar-refractivity contribution in [1.82, 2.24) is 15.1 Å². The second kappa shape index (κ2) is 10.6. The first-order chi connectivity index (χ1) is 18.6. The van der Waals surface area contributed by atoms with E-state index in [4.69, 9.17) is 26.7 Å². The number of benzene rings is 1. The quantitative estimate of drug-likeness (QED) is 0.188. The number of amides is 2. The van der Waals surface area contributed by atoms with E-state index in [1.54, 1.807) is 13.1 Å². The number of nitrogens with zero attached hydrogens (tertiary/aromatic N) is 3. The molecule has 12 nitrogen and oxygen atoms in total. The molecule has 2 amide bonds. The van der Waals surface area contributed by atoms with Gasteiger partial charge in [-0.3, -0.25) is 14.6 Å². The molecule has 1 spiro atoms. The monoisotopic (exact) mass is 541 g/mol. The maximum atomic E-state index is 13.1. The van der Waals surface area contributed by atoms with Crippen LogP contribution >= 0.6 is 0 Å². The maximum Gasteiger partial charge on any atom is 0.415 e. The minimum absolute atomic E-state index is 0.00446. The van der Waals surface area contributed by atoms with Gasteiger partial charge in [0.25, 0.3) is 0 Å². The number of hydrogen-bond donors (Lipinski definition) is 4. The predicted octanol–water partition coefficient (Wildman–Crippen LogP) is -0.148. The lowest BCUT2D eigenvalue weighted by molar-refractivity contribution is -0.138. The van der Waals surface area contributed by atoms with Crippen LogP contribution in [0.3, 0.4) is 0 Å². The van der Waals surface area contributed by atoms with Crippen LogP contribution in [0.15, 0.2) is 17.1 Å². The van der Waals surface area contributed by atoms with Crippen LogP contribution in [0, 0.1) is 5.92 Å². The molecule has 39 heavy (non-hydrogen) atoms. The predicted molar refractivity (Wildman–Crippen MR) is 145 cm³/mol. The van der Waals surface area contributed by atoms with Gasteiger partial charge >= 0.3 is 6.09 Å². The third-order valence-corrected chi connectivity index (χ3v) is 8.93. The lowest BCUT2D eigenvalue weighted by atomic mass is 9.52. The molecule has 2 aliphatic heterocycles. The fourth-order valence-electron chi connectivity index (χ4n) is 6.98. The molecule has 5 rings (SSSR count). The average molecular weight is 542 g/mol. The summed E-state index contributed by atoms with van der Waals surface area (Å²) >= 11 is 0. The number of piperidine rings is 1. The van der Waals surface area contributed by atoms with Gasteiger partial charge in [-0.15, -0.1) is 0 Å². The molecular formula is C27H39N7O5. The molecule has 0 radical (unpaired) electrons. The van der Waals surface area contributed by atoms with Crippen molar-refractivity contribution >= 4 is 23.7 Å². The molecule has 4 aliphatic rings. The Bertz CT molecular complexity index is 1190. The second-order valence-corrected chi connectivity index (χ2v) is 11.2. The van der Waals surface area contributed by atoms with Crippen LogP contribution in [0.25, 0.3) is 0 Å². The van der Waals surface area contributed by atoms with Crippen LogP contribution in [-0.4, -0.2) is 92.0 Å². The van der Waals surface area contributed by atoms with E-state index in [0.29, 0.717) is 49.3 Å². The molecule has 2 heterocycles. The molecule has 4 unspecified atom stereocenters. The summed E-state index contributed by atoms with van der Waals surface area (Å²) in [5, 5.41) is 2.74. The number of rotatable bonds is 9. The Morgan fingerprint density at radius 2 is 2.15 bits per heavy atom. The van der Waals surface area contributed by atoms with Gasteiger partial charge < -0.3 is 41.8 Å². The Morgan fingerprint density at radius 3 is 2.92 bits per heavy atom. The van der Waals surface area contributed by atoms with E-state index >= 15 is 0 Å². The van der Waals surface area contributed by atoms with Gasteiger partial charge in [-0.25, -0.2) is 4.79 Å². The van der Waals surface area contributed by atoms with Gasteiger partial charge in [0.2, 0.25) is 5.91 Å². The first-order valence-electron chi connectivity index (χ1n) is 13.7. The molecule has 5 atom stereocenters. The number of ketones is 1. The third kappa shape index (κ3) is 4.80. The summed E-state index contributed by atoms with van der Waals surface area (Å²) < 4.78 is 12.2. The van der Waals surface area contributed by atoms with Crippen molar-refractivity contribution in [3.8, 4) is 11.5 Å². The molecule has 212 valence electrons. The summed E-state index contributed by atoms with van der Waals surface area (Å²) in [5.41, 5.74) is 18.4. The van der Waals surface area contributed by atoms with E-state index in [-0.39, 0.29) is 36.2 Å². The Balaban J connectivity index is 1.21. The second-order valence-electron chi connectivity index (χ2n) is 11.2. The topological polar surface area (TPSA) is 179 Å². The molecule has 1 aromatic carbocycles. The zero-order valence-corrected chi connectivity index (χ0v) is 22.7. The van der Waals surface area contributed by atoms with Crippen LogP contribution < -0.4 is 32.0 Å². The van der Waals surface area contributed by atoms with Crippen LogP contribution in [0.4, 0.5) is 4.79 Å². The Labute approximate surface area is 228 Å². The van der Waals surface area contributed by atoms with Gasteiger partial charge in [-0.2, -0.15) is 0 Å². The highest BCUT2D eigenvalue weighted by Crippen LogP contribution is 2.63. The first-order valence-corrected chi connectivity index (χ1v) is 13.7. The van der Waals surface area contributed by atoms with Gasteiger partial charge in [0.05, 0.1) is 6.04 Å². The van der Waals surface area contributed by atoms with Gasteiger partial charge in [-0.05, 0) is 63.2 Å². The van der Waals surface area contributed by atoms with E-state index in [1.165, 1.54) is 10.5 Å². The molecule has 1 saturated carbocycles. The van der Waals surface area contributed by atoms with Crippen LogP contribution in [0.5, 0.6) is 11.5 Å². The van der Waals surface area contributed by atoms with E-state index in [1.807, 2.05) is 6.07 Å². The number of likely N-dealkylation sites (tertiary alicyclic amines) is 1. The Morgan fingerprint density at radius 1 is 1.36 bits per heavy atom. The fraction of sp³-hybridized carbons (Fsp3) is 0.630. The molecule has 2 fully saturated rings. The number of carbonyl (C=O) groups excluding carboxylic acids is 3. The highest BCUT2D eigenvalue weighted by atomic mass is 16.6. The summed E-state index contributed by atoms with van der Waals surface area (Å²) in [6.07, 6.45) is 3.07. The first kappa shape index (κ1) is 27.2. The van der Waals surface area contributed by atoms with Crippen LogP contribution in [0.2, 0.25) is 0 Å². The molecule has 1 saturated heterocycles. The van der Waals surface area contributed by atoms with Gasteiger partial charge in [-0.1, -0.05) is 6.07 Å². The van der Waals surface area contributed by atoms with Crippen molar-refractivity contribution in [3.63, 3.8) is 0 Å². The minimum atomic E-state index is -0.693. The van der Waals surface area contributed by atoms with Crippen LogP contribution in [0.1, 0.15) is 43.2 Å². The van der Waals surface area contributed by atoms with E-state index < -0.39 is 18.2 Å². The summed E-state index contributed by atoms with van der Waals surface area (Å²) in [6.45, 7) is 1.76. The van der Waals surface area contributed by atoms with Crippen molar-refractivity contribution in [2.24, 2.45) is 28.1 Å². The normalized spacial score (nSPS) is 27.2. The average Bonchev–Trinajstić information content (AvgIpc) is 3.26. The Kier molecular flexibility index (Phi) is 7.43. The van der Waals surface area contributed by atoms with E-state index in [0.717, 1.165) is 31.4 Å². The van der Waals surface area contributed by atoms with Crippen molar-refractivity contribution in [3.05, 3.63) is 23.3 Å². The van der Waals surface area contributed by atoms with Gasteiger partial charge in [0.15, 0.2) is 29.3 Å². The lowest BCUT2D eigenvalue weighted by Gasteiger charge is -2.57. The number of nitrogens with two attached hydrogens (primary N) is 3. The van der Waals surface area contributed by atoms with Gasteiger partial charge in [0.1, 0.15) is 0 Å². The molecule has 2 aliphatic carbocycles. The molecule has 2 bridgehead atoms. The molecule has 1 aromatic rings. The number of aliphatic imine (C=N–C) groups is 1. The van der Waals surface area contributed by atoms with Crippen molar-refractivity contribution in [1.29, 1.82) is 0 Å². The number of hydrogen-bond acceptors (Lipinski definition) is 8. The number of carbonyl (C=O) groups is 3. The number of Topliss-reactive ketones (excluding diaryl/α,β-unsaturated/α-hetero) is 1. The van der Waals surface area contributed by atoms with Crippen molar-refractivity contribution in [2.45, 2.75) is 62.1 Å². The highest BCUT2D eigenvalue weighted by Gasteiger charge is 2.65. The fourth-order valence-corrected chi connectivity index (χ4v) is 6.98. The van der Waals surface area contributed by atoms with Gasteiger partial charge in [0, 0.05) is 50.1 Å².